The number of morpholine rings is 1. The monoisotopic (exact) mass is 445 g/mol. The number of carbonyl (C=O) groups is 1. The molecule has 2 saturated heterocycles. The van der Waals surface area contributed by atoms with Crippen LogP contribution in [-0.2, 0) is 24.8 Å². The van der Waals surface area contributed by atoms with Crippen molar-refractivity contribution in [2.45, 2.75) is 24.2 Å². The number of amides is 1. The third kappa shape index (κ3) is 5.54. The van der Waals surface area contributed by atoms with E-state index in [1.54, 1.807) is 0 Å². The van der Waals surface area contributed by atoms with Crippen LogP contribution in [0.1, 0.15) is 29.6 Å². The predicted molar refractivity (Wildman–Crippen MR) is 108 cm³/mol. The van der Waals surface area contributed by atoms with E-state index in [9.17, 15) is 21.6 Å². The summed E-state index contributed by atoms with van der Waals surface area (Å²) in [4.78, 5) is 12.5. The molecule has 0 spiro atoms. The van der Waals surface area contributed by atoms with Crippen LogP contribution in [0.3, 0.4) is 0 Å². The largest absolute Gasteiger partial charge is 0.379 e. The molecule has 0 radical (unpaired) electrons. The van der Waals surface area contributed by atoms with Gasteiger partial charge in [0.05, 0.1) is 23.9 Å². The lowest BCUT2D eigenvalue weighted by Crippen LogP contribution is -2.43. The summed E-state index contributed by atoms with van der Waals surface area (Å²) in [5.41, 5.74) is 0.187. The number of rotatable bonds is 7. The van der Waals surface area contributed by atoms with E-state index in [1.807, 2.05) is 0 Å². The van der Waals surface area contributed by atoms with Gasteiger partial charge in [-0.05, 0) is 31.0 Å². The van der Waals surface area contributed by atoms with E-state index >= 15 is 0 Å². The summed E-state index contributed by atoms with van der Waals surface area (Å²) in [5, 5.41) is 2.57. The van der Waals surface area contributed by atoms with Crippen molar-refractivity contribution < 1.29 is 26.4 Å². The average molecular weight is 446 g/mol. The minimum atomic E-state index is -3.64. The first-order valence-corrected chi connectivity index (χ1v) is 12.8. The van der Waals surface area contributed by atoms with Crippen molar-refractivity contribution in [3.8, 4) is 0 Å². The van der Waals surface area contributed by atoms with Gasteiger partial charge in [0, 0.05) is 38.3 Å². The summed E-state index contributed by atoms with van der Waals surface area (Å²) in [7, 11) is -7.11. The van der Waals surface area contributed by atoms with Gasteiger partial charge >= 0.3 is 0 Å². The molecule has 0 saturated carbocycles. The lowest BCUT2D eigenvalue weighted by atomic mass is 10.2. The number of nitrogens with one attached hydrogen (secondary N) is 1. The maximum Gasteiger partial charge on any atom is 0.251 e. The molecule has 9 nitrogen and oxygen atoms in total. The molecule has 2 fully saturated rings. The van der Waals surface area contributed by atoms with Crippen LogP contribution in [0, 0.1) is 0 Å². The maximum absolute atomic E-state index is 12.8. The van der Waals surface area contributed by atoms with Crippen LogP contribution < -0.4 is 5.32 Å². The van der Waals surface area contributed by atoms with Gasteiger partial charge in [-0.25, -0.2) is 16.8 Å². The Morgan fingerprint density at radius 1 is 0.966 bits per heavy atom. The van der Waals surface area contributed by atoms with Gasteiger partial charge in [0.25, 0.3) is 5.91 Å². The first kappa shape index (κ1) is 22.2. The predicted octanol–water partition coefficient (Wildman–Crippen LogP) is 0.253. The Balaban J connectivity index is 1.60. The summed E-state index contributed by atoms with van der Waals surface area (Å²) in [5.74, 6) is -0.720. The smallest absolute Gasteiger partial charge is 0.251 e. The van der Waals surface area contributed by atoms with Crippen LogP contribution in [0.2, 0.25) is 0 Å². The summed E-state index contributed by atoms with van der Waals surface area (Å²) in [6, 6.07) is 5.86. The van der Waals surface area contributed by atoms with Crippen molar-refractivity contribution in [2.24, 2.45) is 0 Å². The highest BCUT2D eigenvalue weighted by atomic mass is 32.2. The molecule has 2 aliphatic heterocycles. The highest BCUT2D eigenvalue weighted by Gasteiger charge is 2.27. The zero-order valence-corrected chi connectivity index (χ0v) is 17.9. The molecule has 3 rings (SSSR count). The van der Waals surface area contributed by atoms with Gasteiger partial charge in [-0.3, -0.25) is 4.79 Å². The Kier molecular flexibility index (Phi) is 7.28. The molecular weight excluding hydrogens is 418 g/mol. The van der Waals surface area contributed by atoms with E-state index in [2.05, 4.69) is 5.32 Å². The quantitative estimate of drug-likeness (QED) is 0.644. The van der Waals surface area contributed by atoms with Crippen LogP contribution in [0.5, 0.6) is 0 Å². The van der Waals surface area contributed by atoms with E-state index in [0.29, 0.717) is 39.4 Å². The van der Waals surface area contributed by atoms with E-state index in [1.165, 1.54) is 32.9 Å². The third-order valence-electron chi connectivity index (χ3n) is 5.06. The van der Waals surface area contributed by atoms with E-state index in [4.69, 9.17) is 4.74 Å². The molecule has 1 aromatic carbocycles. The molecular formula is C18H27N3O6S2. The summed E-state index contributed by atoms with van der Waals surface area (Å²) >= 11 is 0. The topological polar surface area (TPSA) is 113 Å². The fourth-order valence-corrected chi connectivity index (χ4v) is 6.29. The number of piperidine rings is 1. The molecule has 0 atom stereocenters. The van der Waals surface area contributed by atoms with Gasteiger partial charge in [-0.15, -0.1) is 0 Å². The molecule has 0 unspecified atom stereocenters. The number of carbonyl (C=O) groups excluding carboxylic acids is 1. The second-order valence-corrected chi connectivity index (χ2v) is 11.1. The van der Waals surface area contributed by atoms with Crippen molar-refractivity contribution in [1.82, 2.24) is 13.9 Å². The maximum atomic E-state index is 12.8. The Morgan fingerprint density at radius 2 is 1.66 bits per heavy atom. The first-order chi connectivity index (χ1) is 13.8. The molecule has 162 valence electrons. The number of benzene rings is 1. The molecule has 11 heteroatoms. The zero-order chi connectivity index (χ0) is 20.9. The van der Waals surface area contributed by atoms with Crippen LogP contribution in [0.25, 0.3) is 0 Å². The molecule has 1 amide bonds. The normalized spacial score (nSPS) is 19.7. The van der Waals surface area contributed by atoms with Gasteiger partial charge in [0.1, 0.15) is 0 Å². The van der Waals surface area contributed by atoms with Crippen molar-refractivity contribution in [3.63, 3.8) is 0 Å². The van der Waals surface area contributed by atoms with Gasteiger partial charge in [-0.1, -0.05) is 12.5 Å². The van der Waals surface area contributed by atoms with Crippen molar-refractivity contribution in [3.05, 3.63) is 29.8 Å². The van der Waals surface area contributed by atoms with Gasteiger partial charge in [0.2, 0.25) is 20.0 Å². The van der Waals surface area contributed by atoms with E-state index in [0.717, 1.165) is 19.3 Å². The summed E-state index contributed by atoms with van der Waals surface area (Å²) in [6.07, 6.45) is 2.68. The Hall–Kier alpha value is -1.53. The second kappa shape index (κ2) is 9.52. The zero-order valence-electron chi connectivity index (χ0n) is 16.2. The molecule has 1 N–H and O–H groups in total. The first-order valence-electron chi connectivity index (χ1n) is 9.75. The van der Waals surface area contributed by atoms with Crippen molar-refractivity contribution in [2.75, 3.05) is 51.7 Å². The molecule has 2 aliphatic rings. The lowest BCUT2D eigenvalue weighted by Gasteiger charge is -2.26. The van der Waals surface area contributed by atoms with Crippen molar-refractivity contribution in [1.29, 1.82) is 0 Å². The van der Waals surface area contributed by atoms with Gasteiger partial charge in [-0.2, -0.15) is 8.61 Å². The fourth-order valence-electron chi connectivity index (χ4n) is 3.40. The highest BCUT2D eigenvalue weighted by Crippen LogP contribution is 2.21. The highest BCUT2D eigenvalue weighted by molar-refractivity contribution is 7.89. The van der Waals surface area contributed by atoms with Crippen LogP contribution in [0.15, 0.2) is 29.2 Å². The molecule has 1 aromatic rings. The average Bonchev–Trinajstić information content (AvgIpc) is 2.75. The van der Waals surface area contributed by atoms with Gasteiger partial charge < -0.3 is 10.1 Å². The molecule has 0 aromatic heterocycles. The Labute approximate surface area is 172 Å². The molecule has 2 heterocycles. The molecule has 0 bridgehead atoms. The lowest BCUT2D eigenvalue weighted by molar-refractivity contribution is 0.0730. The summed E-state index contributed by atoms with van der Waals surface area (Å²) in [6.45, 7) is 2.27. The minimum Gasteiger partial charge on any atom is -0.379 e. The molecule has 0 aliphatic carbocycles. The number of sulfonamides is 2. The molecule has 29 heavy (non-hydrogen) atoms. The van der Waals surface area contributed by atoms with Crippen LogP contribution in [-0.4, -0.2) is 83.0 Å². The standard InChI is InChI=1S/C18H27N3O6S2/c22-18(19-7-14-28(23,24)20-10-12-27-13-11-20)16-5-4-6-17(15-16)29(25,26)21-8-2-1-3-9-21/h4-6,15H,1-3,7-14H2,(H,19,22). The minimum absolute atomic E-state index is 0.0539. The third-order valence-corrected chi connectivity index (χ3v) is 8.82. The number of hydrogen-bond acceptors (Lipinski definition) is 6. The van der Waals surface area contributed by atoms with Gasteiger partial charge in [0.15, 0.2) is 0 Å². The fraction of sp³-hybridized carbons (Fsp3) is 0.611. The van der Waals surface area contributed by atoms with Crippen molar-refractivity contribution >= 4 is 26.0 Å². The SMILES string of the molecule is O=C(NCCS(=O)(=O)N1CCOCC1)c1cccc(S(=O)(=O)N2CCCCC2)c1. The van der Waals surface area contributed by atoms with Crippen LogP contribution >= 0.6 is 0 Å². The Morgan fingerprint density at radius 3 is 2.34 bits per heavy atom. The van der Waals surface area contributed by atoms with E-state index in [-0.39, 0.29) is 22.8 Å². The number of nitrogens with zero attached hydrogens (tertiary/aromatic N) is 2. The summed E-state index contributed by atoms with van der Waals surface area (Å²) < 4.78 is 58.1. The number of hydrogen-bond donors (Lipinski definition) is 1. The second-order valence-electron chi connectivity index (χ2n) is 7.08. The van der Waals surface area contributed by atoms with Crippen LogP contribution in [0.4, 0.5) is 0 Å². The van der Waals surface area contributed by atoms with E-state index < -0.39 is 26.0 Å². The number of ether oxygens (including phenoxy) is 1. The Bertz CT molecular complexity index is 921.